The highest BCUT2D eigenvalue weighted by atomic mass is 14.9. The number of hydrogen-bond acceptors (Lipinski definition) is 1. The van der Waals surface area contributed by atoms with Crippen molar-refractivity contribution < 1.29 is 0 Å². The highest BCUT2D eigenvalue weighted by Gasteiger charge is 2.13. The normalized spacial score (nSPS) is 16.3. The van der Waals surface area contributed by atoms with E-state index in [0.717, 1.165) is 6.04 Å². The molecule has 0 atom stereocenters. The van der Waals surface area contributed by atoms with Crippen molar-refractivity contribution in [3.63, 3.8) is 0 Å². The van der Waals surface area contributed by atoms with E-state index >= 15 is 0 Å². The Bertz CT molecular complexity index is 364. The summed E-state index contributed by atoms with van der Waals surface area (Å²) in [5.74, 6) is 0. The standard InChI is InChI=1S/C17H27N/c1-14-10-11-15(2)16(13-14)7-5-6-12-18-17-8-3-4-9-17/h10-11,13,17-18H,3-9,12H2,1-2H3. The first kappa shape index (κ1) is 13.6. The Morgan fingerprint density at radius 2 is 1.89 bits per heavy atom. The molecule has 18 heavy (non-hydrogen) atoms. The largest absolute Gasteiger partial charge is 0.314 e. The van der Waals surface area contributed by atoms with Gasteiger partial charge in [-0.05, 0) is 63.6 Å². The van der Waals surface area contributed by atoms with Gasteiger partial charge in [0.1, 0.15) is 0 Å². The van der Waals surface area contributed by atoms with Gasteiger partial charge in [-0.1, -0.05) is 36.6 Å². The summed E-state index contributed by atoms with van der Waals surface area (Å²) < 4.78 is 0. The summed E-state index contributed by atoms with van der Waals surface area (Å²) >= 11 is 0. The van der Waals surface area contributed by atoms with Crippen LogP contribution in [0.15, 0.2) is 18.2 Å². The number of benzene rings is 1. The van der Waals surface area contributed by atoms with Gasteiger partial charge < -0.3 is 5.32 Å². The van der Waals surface area contributed by atoms with Gasteiger partial charge in [0, 0.05) is 6.04 Å². The molecular weight excluding hydrogens is 218 g/mol. The molecule has 0 heterocycles. The molecule has 1 aliphatic carbocycles. The summed E-state index contributed by atoms with van der Waals surface area (Å²) in [7, 11) is 0. The summed E-state index contributed by atoms with van der Waals surface area (Å²) in [6.07, 6.45) is 9.52. The number of unbranched alkanes of at least 4 members (excludes halogenated alkanes) is 1. The molecule has 1 fully saturated rings. The minimum absolute atomic E-state index is 0.825. The van der Waals surface area contributed by atoms with Gasteiger partial charge in [-0.15, -0.1) is 0 Å². The van der Waals surface area contributed by atoms with Crippen molar-refractivity contribution >= 4 is 0 Å². The molecule has 0 aliphatic heterocycles. The maximum Gasteiger partial charge on any atom is 0.00670 e. The van der Waals surface area contributed by atoms with Crippen LogP contribution in [0.1, 0.15) is 55.2 Å². The summed E-state index contributed by atoms with van der Waals surface area (Å²) in [4.78, 5) is 0. The zero-order valence-corrected chi connectivity index (χ0v) is 12.0. The number of hydrogen-bond donors (Lipinski definition) is 1. The highest BCUT2D eigenvalue weighted by Crippen LogP contribution is 2.18. The highest BCUT2D eigenvalue weighted by molar-refractivity contribution is 5.30. The van der Waals surface area contributed by atoms with Gasteiger partial charge in [0.15, 0.2) is 0 Å². The maximum absolute atomic E-state index is 3.69. The molecule has 1 nitrogen and oxygen atoms in total. The first-order valence-corrected chi connectivity index (χ1v) is 7.55. The van der Waals surface area contributed by atoms with Gasteiger partial charge in [-0.25, -0.2) is 0 Å². The van der Waals surface area contributed by atoms with Crippen molar-refractivity contribution in [2.24, 2.45) is 0 Å². The fraction of sp³-hybridized carbons (Fsp3) is 0.647. The van der Waals surface area contributed by atoms with E-state index in [0.29, 0.717) is 0 Å². The van der Waals surface area contributed by atoms with E-state index in [1.165, 1.54) is 68.2 Å². The van der Waals surface area contributed by atoms with Crippen LogP contribution < -0.4 is 5.32 Å². The predicted molar refractivity (Wildman–Crippen MR) is 79.1 cm³/mol. The molecule has 100 valence electrons. The fourth-order valence-corrected chi connectivity index (χ4v) is 2.95. The van der Waals surface area contributed by atoms with Crippen molar-refractivity contribution in [3.8, 4) is 0 Å². The SMILES string of the molecule is Cc1ccc(C)c(CCCCNC2CCCC2)c1. The molecule has 1 heteroatoms. The quantitative estimate of drug-likeness (QED) is 0.742. The second-order valence-electron chi connectivity index (χ2n) is 5.82. The van der Waals surface area contributed by atoms with Gasteiger partial charge in [0.05, 0.1) is 0 Å². The van der Waals surface area contributed by atoms with E-state index in [1.54, 1.807) is 0 Å². The van der Waals surface area contributed by atoms with E-state index < -0.39 is 0 Å². The Balaban J connectivity index is 1.64. The van der Waals surface area contributed by atoms with Crippen LogP contribution in [0.4, 0.5) is 0 Å². The Morgan fingerprint density at radius 3 is 2.67 bits per heavy atom. The van der Waals surface area contributed by atoms with Gasteiger partial charge in [0.25, 0.3) is 0 Å². The second kappa shape index (κ2) is 6.94. The van der Waals surface area contributed by atoms with Crippen LogP contribution in [0, 0.1) is 13.8 Å². The summed E-state index contributed by atoms with van der Waals surface area (Å²) in [5.41, 5.74) is 4.37. The van der Waals surface area contributed by atoms with Crippen molar-refractivity contribution in [2.75, 3.05) is 6.54 Å². The van der Waals surface area contributed by atoms with E-state index in [9.17, 15) is 0 Å². The first-order valence-electron chi connectivity index (χ1n) is 7.55. The third kappa shape index (κ3) is 4.13. The summed E-state index contributed by atoms with van der Waals surface area (Å²) in [6, 6.07) is 7.63. The van der Waals surface area contributed by atoms with E-state index in [1.807, 2.05) is 0 Å². The number of nitrogens with one attached hydrogen (secondary N) is 1. The third-order valence-electron chi connectivity index (χ3n) is 4.17. The lowest BCUT2D eigenvalue weighted by atomic mass is 10.0. The zero-order chi connectivity index (χ0) is 12.8. The fourth-order valence-electron chi connectivity index (χ4n) is 2.95. The van der Waals surface area contributed by atoms with Gasteiger partial charge in [0.2, 0.25) is 0 Å². The molecule has 0 saturated heterocycles. The van der Waals surface area contributed by atoms with E-state index in [-0.39, 0.29) is 0 Å². The zero-order valence-electron chi connectivity index (χ0n) is 12.0. The first-order chi connectivity index (χ1) is 8.75. The van der Waals surface area contributed by atoms with Crippen molar-refractivity contribution in [1.29, 1.82) is 0 Å². The maximum atomic E-state index is 3.69. The lowest BCUT2D eigenvalue weighted by molar-refractivity contribution is 0.507. The summed E-state index contributed by atoms with van der Waals surface area (Å²) in [5, 5.41) is 3.69. The van der Waals surface area contributed by atoms with Crippen molar-refractivity contribution in [2.45, 2.75) is 64.8 Å². The lowest BCUT2D eigenvalue weighted by Crippen LogP contribution is -2.26. The predicted octanol–water partition coefficient (Wildman–Crippen LogP) is 4.16. The molecule has 0 spiro atoms. The molecule has 1 N–H and O–H groups in total. The van der Waals surface area contributed by atoms with E-state index in [4.69, 9.17) is 0 Å². The molecule has 0 amide bonds. The van der Waals surface area contributed by atoms with Crippen LogP contribution in [-0.4, -0.2) is 12.6 Å². The molecule has 1 aliphatic rings. The Hall–Kier alpha value is -0.820. The smallest absolute Gasteiger partial charge is 0.00670 e. The van der Waals surface area contributed by atoms with Gasteiger partial charge >= 0.3 is 0 Å². The Labute approximate surface area is 112 Å². The van der Waals surface area contributed by atoms with Crippen LogP contribution in [0.25, 0.3) is 0 Å². The number of rotatable bonds is 6. The third-order valence-corrected chi connectivity index (χ3v) is 4.17. The van der Waals surface area contributed by atoms with Crippen LogP contribution in [0.3, 0.4) is 0 Å². The summed E-state index contributed by atoms with van der Waals surface area (Å²) in [6.45, 7) is 5.62. The van der Waals surface area contributed by atoms with Crippen molar-refractivity contribution in [1.82, 2.24) is 5.32 Å². The average Bonchev–Trinajstić information content (AvgIpc) is 2.86. The average molecular weight is 245 g/mol. The molecule has 0 bridgehead atoms. The molecule has 1 aromatic carbocycles. The molecule has 1 aromatic rings. The van der Waals surface area contributed by atoms with Gasteiger partial charge in [-0.3, -0.25) is 0 Å². The molecule has 0 aromatic heterocycles. The molecule has 0 radical (unpaired) electrons. The molecular formula is C17H27N. The van der Waals surface area contributed by atoms with Gasteiger partial charge in [-0.2, -0.15) is 0 Å². The second-order valence-corrected chi connectivity index (χ2v) is 5.82. The van der Waals surface area contributed by atoms with Crippen LogP contribution in [0.2, 0.25) is 0 Å². The van der Waals surface area contributed by atoms with E-state index in [2.05, 4.69) is 37.4 Å². The molecule has 2 rings (SSSR count). The van der Waals surface area contributed by atoms with Crippen LogP contribution >= 0.6 is 0 Å². The topological polar surface area (TPSA) is 12.0 Å². The minimum atomic E-state index is 0.825. The Kier molecular flexibility index (Phi) is 5.25. The van der Waals surface area contributed by atoms with Crippen LogP contribution in [-0.2, 0) is 6.42 Å². The number of aryl methyl sites for hydroxylation is 3. The minimum Gasteiger partial charge on any atom is -0.314 e. The van der Waals surface area contributed by atoms with Crippen LogP contribution in [0.5, 0.6) is 0 Å². The lowest BCUT2D eigenvalue weighted by Gasteiger charge is -2.12. The molecule has 1 saturated carbocycles. The monoisotopic (exact) mass is 245 g/mol. The van der Waals surface area contributed by atoms with Crippen molar-refractivity contribution in [3.05, 3.63) is 34.9 Å². The Morgan fingerprint density at radius 1 is 1.11 bits per heavy atom. The molecule has 0 unspecified atom stereocenters.